The van der Waals surface area contributed by atoms with Crippen molar-refractivity contribution in [2.24, 2.45) is 0 Å². The number of sulfone groups is 3. The Bertz CT molecular complexity index is 2550. The molecule has 0 radical (unpaired) electrons. The van der Waals surface area contributed by atoms with Crippen molar-refractivity contribution in [1.29, 1.82) is 0 Å². The van der Waals surface area contributed by atoms with E-state index in [1.807, 2.05) is 0 Å². The summed E-state index contributed by atoms with van der Waals surface area (Å²) in [6, 6.07) is 9.88. The van der Waals surface area contributed by atoms with E-state index in [1.165, 1.54) is 39.5 Å². The maximum atomic E-state index is 12.7. The number of amides is 3. The van der Waals surface area contributed by atoms with Crippen molar-refractivity contribution in [3.63, 3.8) is 0 Å². The number of ether oxygens (including phenoxy) is 3. The average Bonchev–Trinajstić information content (AvgIpc) is 4.27. The van der Waals surface area contributed by atoms with Gasteiger partial charge in [-0.25, -0.2) is 25.3 Å². The van der Waals surface area contributed by atoms with Gasteiger partial charge in [0.1, 0.15) is 17.2 Å². The van der Waals surface area contributed by atoms with Crippen molar-refractivity contribution in [1.82, 2.24) is 30.7 Å². The van der Waals surface area contributed by atoms with Crippen molar-refractivity contribution in [2.45, 2.75) is 113 Å². The fourth-order valence-corrected chi connectivity index (χ4v) is 13.4. The maximum absolute atomic E-state index is 12.7. The number of nitrogens with one attached hydrogen (secondary N) is 6. The van der Waals surface area contributed by atoms with E-state index in [0.717, 1.165) is 77.8 Å². The first-order valence-corrected chi connectivity index (χ1v) is 32.0. The molecule has 24 heteroatoms. The molecule has 3 heterocycles. The van der Waals surface area contributed by atoms with Gasteiger partial charge in [-0.15, -0.1) is 0 Å². The highest BCUT2D eigenvalue weighted by Gasteiger charge is 2.30. The molecule has 3 amide bonds. The van der Waals surface area contributed by atoms with Crippen molar-refractivity contribution < 1.29 is 53.8 Å². The predicted molar refractivity (Wildman–Crippen MR) is 309 cm³/mol. The Balaban J connectivity index is 0.000000252. The van der Waals surface area contributed by atoms with Crippen LogP contribution in [0.5, 0.6) is 17.2 Å². The molecule has 0 aliphatic carbocycles. The van der Waals surface area contributed by atoms with Crippen LogP contribution in [0.2, 0.25) is 0 Å². The Morgan fingerprint density at radius 3 is 0.885 bits per heavy atom. The Kier molecular flexibility index (Phi) is 25.3. The Morgan fingerprint density at radius 1 is 0.449 bits per heavy atom. The highest BCUT2D eigenvalue weighted by molar-refractivity contribution is 7.92. The second-order valence-corrected chi connectivity index (χ2v) is 25.8. The van der Waals surface area contributed by atoms with Crippen LogP contribution in [0.4, 0.5) is 17.1 Å². The molecule has 3 aliphatic rings. The number of methoxy groups -OCH3 is 3. The normalized spacial score (nSPS) is 17.9. The van der Waals surface area contributed by atoms with Gasteiger partial charge < -0.3 is 46.1 Å². The quantitative estimate of drug-likeness (QED) is 0.0670. The molecule has 3 fully saturated rings. The first-order valence-electron chi connectivity index (χ1n) is 27.1. The Morgan fingerprint density at radius 2 is 0.692 bits per heavy atom. The van der Waals surface area contributed by atoms with Crippen LogP contribution in [0.25, 0.3) is 0 Å². The van der Waals surface area contributed by atoms with Gasteiger partial charge in [0.15, 0.2) is 29.5 Å². The maximum Gasteiger partial charge on any atom is 0.255 e. The van der Waals surface area contributed by atoms with Crippen molar-refractivity contribution in [3.8, 4) is 17.2 Å². The van der Waals surface area contributed by atoms with Crippen LogP contribution in [0, 0.1) is 0 Å². The Hall–Kier alpha value is -5.40. The third-order valence-electron chi connectivity index (χ3n) is 14.8. The Labute approximate surface area is 464 Å². The summed E-state index contributed by atoms with van der Waals surface area (Å²) in [5.41, 5.74) is 1.98. The SMILES string of the molecule is CCN1CCCC1CNC(=O)c1cc(S(=O)(=O)CC)c(NC)cc1OC.CCN1CCC[C@@H]1CNC(=O)c1cc(S(=O)(=O)CC)c(NC)cc1OC.CCN1CCC[C@H]1CNC(=O)c1cc(S(=O)(=O)CC)c(NC)cc1OC. The summed E-state index contributed by atoms with van der Waals surface area (Å²) in [6.07, 6.45) is 6.56. The molecule has 21 nitrogen and oxygen atoms in total. The van der Waals surface area contributed by atoms with Gasteiger partial charge in [0, 0.05) is 77.1 Å². The van der Waals surface area contributed by atoms with Gasteiger partial charge in [-0.05, 0) is 96.0 Å². The summed E-state index contributed by atoms with van der Waals surface area (Å²) in [5, 5.41) is 17.4. The highest BCUT2D eigenvalue weighted by Crippen LogP contribution is 2.34. The van der Waals surface area contributed by atoms with Crippen LogP contribution in [0.3, 0.4) is 0 Å². The molecule has 0 aromatic heterocycles. The average molecular weight is 1150 g/mol. The minimum absolute atomic E-state index is 0.0391. The van der Waals surface area contributed by atoms with Gasteiger partial charge in [0.2, 0.25) is 0 Å². The smallest absolute Gasteiger partial charge is 0.255 e. The molecule has 3 atom stereocenters. The molecule has 0 bridgehead atoms. The zero-order valence-electron chi connectivity index (χ0n) is 47.9. The van der Waals surface area contributed by atoms with Crippen LogP contribution in [0.1, 0.15) is 111 Å². The van der Waals surface area contributed by atoms with Crippen LogP contribution in [-0.4, -0.2) is 194 Å². The van der Waals surface area contributed by atoms with E-state index in [-0.39, 0.29) is 66.4 Å². The standard InChI is InChI=1S/3C18H29N3O4S/c3*1-5-21-9-7-8-13(21)12-20-18(22)14-10-17(26(23,24)6-2)15(19-3)11-16(14)25-4/h3*10-11,13,19H,5-9,12H2,1-4H3,(H,20,22)/t2*13-;/m10./s1. The summed E-state index contributed by atoms with van der Waals surface area (Å²) in [5.74, 6) is -0.0320. The number of hydrogen-bond donors (Lipinski definition) is 6. The molecule has 6 N–H and O–H groups in total. The number of rotatable bonds is 24. The monoisotopic (exact) mass is 1150 g/mol. The summed E-state index contributed by atoms with van der Waals surface area (Å²) in [7, 11) is -1.09. The number of nitrogens with zero attached hydrogens (tertiary/aromatic N) is 3. The summed E-state index contributed by atoms with van der Waals surface area (Å²) < 4.78 is 90.3. The minimum atomic E-state index is -3.47. The summed E-state index contributed by atoms with van der Waals surface area (Å²) in [6.45, 7) is 18.7. The molecule has 3 aromatic carbocycles. The van der Waals surface area contributed by atoms with E-state index in [1.54, 1.807) is 60.1 Å². The minimum Gasteiger partial charge on any atom is -0.496 e. The fourth-order valence-electron chi connectivity index (χ4n) is 10.1. The molecule has 78 heavy (non-hydrogen) atoms. The lowest BCUT2D eigenvalue weighted by Gasteiger charge is -2.23. The zero-order valence-corrected chi connectivity index (χ0v) is 50.3. The van der Waals surface area contributed by atoms with Crippen LogP contribution < -0.4 is 46.1 Å². The number of likely N-dealkylation sites (N-methyl/N-ethyl adjacent to an activating group) is 3. The molecule has 0 saturated carbocycles. The van der Waals surface area contributed by atoms with Crippen LogP contribution in [-0.2, 0) is 29.5 Å². The second-order valence-electron chi connectivity index (χ2n) is 19.0. The molecular weight excluding hydrogens is 1060 g/mol. The van der Waals surface area contributed by atoms with E-state index in [2.05, 4.69) is 67.4 Å². The zero-order chi connectivity index (χ0) is 58.0. The fraction of sp³-hybridized carbons (Fsp3) is 0.611. The van der Waals surface area contributed by atoms with Gasteiger partial charge in [0.25, 0.3) is 17.7 Å². The van der Waals surface area contributed by atoms with Crippen LogP contribution >= 0.6 is 0 Å². The van der Waals surface area contributed by atoms with E-state index in [9.17, 15) is 39.6 Å². The van der Waals surface area contributed by atoms with Gasteiger partial charge in [-0.1, -0.05) is 41.5 Å². The van der Waals surface area contributed by atoms with E-state index in [0.29, 0.717) is 72.1 Å². The molecule has 6 rings (SSSR count). The second kappa shape index (κ2) is 30.3. The lowest BCUT2D eigenvalue weighted by atomic mass is 10.1. The molecule has 0 spiro atoms. The van der Waals surface area contributed by atoms with Crippen molar-refractivity contribution >= 4 is 64.3 Å². The van der Waals surface area contributed by atoms with E-state index in [4.69, 9.17) is 14.2 Å². The largest absolute Gasteiger partial charge is 0.496 e. The lowest BCUT2D eigenvalue weighted by molar-refractivity contribution is 0.0930. The highest BCUT2D eigenvalue weighted by atomic mass is 32.2. The molecular formula is C54H87N9O12S3. The molecule has 3 aromatic rings. The number of hydrogen-bond acceptors (Lipinski definition) is 18. The molecule has 3 saturated heterocycles. The molecule has 1 unspecified atom stereocenters. The number of anilines is 3. The molecule has 438 valence electrons. The summed E-state index contributed by atoms with van der Waals surface area (Å²) in [4.78, 5) is 45.5. The van der Waals surface area contributed by atoms with Crippen LogP contribution in [0.15, 0.2) is 51.1 Å². The van der Waals surface area contributed by atoms with Gasteiger partial charge in [0.05, 0.1) is 87.0 Å². The molecule has 3 aliphatic heterocycles. The number of likely N-dealkylation sites (tertiary alicyclic amines) is 3. The summed E-state index contributed by atoms with van der Waals surface area (Å²) >= 11 is 0. The predicted octanol–water partition coefficient (Wildman–Crippen LogP) is 5.23. The topological polar surface area (TPSA) is 263 Å². The first-order chi connectivity index (χ1) is 37.1. The van der Waals surface area contributed by atoms with Crippen molar-refractivity contribution in [2.75, 3.05) is 135 Å². The lowest BCUT2D eigenvalue weighted by Crippen LogP contribution is -2.40. The third-order valence-corrected chi connectivity index (χ3v) is 20.1. The van der Waals surface area contributed by atoms with Gasteiger partial charge >= 0.3 is 0 Å². The van der Waals surface area contributed by atoms with E-state index < -0.39 is 29.5 Å². The number of benzene rings is 3. The first kappa shape index (κ1) is 65.1. The number of carbonyl (C=O) groups excluding carboxylic acids is 3. The van der Waals surface area contributed by atoms with Crippen molar-refractivity contribution in [3.05, 3.63) is 53.1 Å². The van der Waals surface area contributed by atoms with E-state index >= 15 is 0 Å². The number of carbonyl (C=O) groups is 3. The van der Waals surface area contributed by atoms with Gasteiger partial charge in [-0.3, -0.25) is 29.1 Å². The third kappa shape index (κ3) is 16.4. The van der Waals surface area contributed by atoms with Gasteiger partial charge in [-0.2, -0.15) is 0 Å².